The fraction of sp³-hybridized carbons (Fsp3) is 0.368. The van der Waals surface area contributed by atoms with Crippen LogP contribution in [0.15, 0.2) is 33.2 Å². The summed E-state index contributed by atoms with van der Waals surface area (Å²) in [4.78, 5) is 26.0. The first-order valence-corrected chi connectivity index (χ1v) is 8.97. The summed E-state index contributed by atoms with van der Waals surface area (Å²) in [7, 11) is 3.15. The van der Waals surface area contributed by atoms with Crippen molar-refractivity contribution < 1.29 is 18.7 Å². The number of nitrogens with zero attached hydrogens (tertiary/aromatic N) is 1. The maximum absolute atomic E-state index is 12.5. The van der Waals surface area contributed by atoms with E-state index in [1.165, 1.54) is 7.11 Å². The zero-order chi connectivity index (χ0) is 19.4. The monoisotopic (exact) mass is 422 g/mol. The largest absolute Gasteiger partial charge is 0.465 e. The minimum Gasteiger partial charge on any atom is -0.465 e. The van der Waals surface area contributed by atoms with Crippen molar-refractivity contribution in [3.8, 4) is 0 Å². The van der Waals surface area contributed by atoms with E-state index in [9.17, 15) is 9.59 Å². The number of anilines is 1. The van der Waals surface area contributed by atoms with Crippen molar-refractivity contribution in [3.63, 3.8) is 0 Å². The topological polar surface area (TPSA) is 71.8 Å². The first-order valence-electron chi connectivity index (χ1n) is 8.17. The van der Waals surface area contributed by atoms with Crippen LogP contribution >= 0.6 is 15.9 Å². The maximum atomic E-state index is 12.5. The summed E-state index contributed by atoms with van der Waals surface area (Å²) in [6, 6.07) is 7.01. The number of ether oxygens (including phenoxy) is 1. The number of furan rings is 1. The number of likely N-dealkylation sites (N-methyl/N-ethyl adjacent to an activating group) is 1. The first-order chi connectivity index (χ1) is 12.2. The van der Waals surface area contributed by atoms with Gasteiger partial charge in [0.2, 0.25) is 5.91 Å². The Balaban J connectivity index is 2.03. The summed E-state index contributed by atoms with van der Waals surface area (Å²) in [5, 5.41) is 2.92. The van der Waals surface area contributed by atoms with E-state index in [4.69, 9.17) is 9.15 Å². The van der Waals surface area contributed by atoms with Gasteiger partial charge < -0.3 is 14.5 Å². The van der Waals surface area contributed by atoms with Crippen molar-refractivity contribution in [1.29, 1.82) is 0 Å². The van der Waals surface area contributed by atoms with Gasteiger partial charge in [-0.25, -0.2) is 4.79 Å². The van der Waals surface area contributed by atoms with Gasteiger partial charge in [-0.1, -0.05) is 6.07 Å². The second-order valence-corrected chi connectivity index (χ2v) is 7.09. The van der Waals surface area contributed by atoms with Crippen LogP contribution in [0, 0.1) is 13.8 Å². The Bertz CT molecular complexity index is 816. The highest BCUT2D eigenvalue weighted by Gasteiger charge is 2.22. The lowest BCUT2D eigenvalue weighted by Gasteiger charge is -2.23. The molecule has 0 aliphatic carbocycles. The molecule has 7 heteroatoms. The summed E-state index contributed by atoms with van der Waals surface area (Å²) in [6.07, 6.45) is 0. The average Bonchev–Trinajstić information content (AvgIpc) is 2.96. The van der Waals surface area contributed by atoms with Gasteiger partial charge in [0.1, 0.15) is 17.1 Å². The molecular weight excluding hydrogens is 400 g/mol. The van der Waals surface area contributed by atoms with Crippen LogP contribution in [0.25, 0.3) is 0 Å². The van der Waals surface area contributed by atoms with Crippen molar-refractivity contribution in [2.45, 2.75) is 33.4 Å². The van der Waals surface area contributed by atoms with Gasteiger partial charge >= 0.3 is 5.97 Å². The van der Waals surface area contributed by atoms with Gasteiger partial charge in [-0.2, -0.15) is 0 Å². The molecule has 6 nitrogen and oxygen atoms in total. The van der Waals surface area contributed by atoms with Gasteiger partial charge in [0.25, 0.3) is 0 Å². The molecule has 0 aliphatic heterocycles. The number of halogens is 1. The van der Waals surface area contributed by atoms with Crippen molar-refractivity contribution in [2.24, 2.45) is 0 Å². The van der Waals surface area contributed by atoms with Crippen LogP contribution in [-0.2, 0) is 16.1 Å². The smallest absolute Gasteiger partial charge is 0.341 e. The van der Waals surface area contributed by atoms with E-state index < -0.39 is 12.0 Å². The molecule has 1 amide bonds. The van der Waals surface area contributed by atoms with Gasteiger partial charge in [-0.15, -0.1) is 0 Å². The van der Waals surface area contributed by atoms with Crippen LogP contribution in [0.1, 0.15) is 34.4 Å². The van der Waals surface area contributed by atoms with E-state index in [0.29, 0.717) is 23.6 Å². The number of hydrogen-bond acceptors (Lipinski definition) is 5. The molecule has 2 rings (SSSR count). The van der Waals surface area contributed by atoms with Crippen molar-refractivity contribution in [3.05, 3.63) is 51.4 Å². The lowest BCUT2D eigenvalue weighted by molar-refractivity contribution is -0.120. The van der Waals surface area contributed by atoms with Gasteiger partial charge in [-0.3, -0.25) is 9.69 Å². The van der Waals surface area contributed by atoms with Gasteiger partial charge in [-0.05, 0) is 67.5 Å². The summed E-state index contributed by atoms with van der Waals surface area (Å²) < 4.78 is 11.2. The van der Waals surface area contributed by atoms with Crippen molar-refractivity contribution in [2.75, 3.05) is 19.5 Å². The number of methoxy groups -OCH3 is 1. The highest BCUT2D eigenvalue weighted by atomic mass is 79.9. The van der Waals surface area contributed by atoms with E-state index in [2.05, 4.69) is 21.2 Å². The number of rotatable bonds is 6. The molecule has 1 N–H and O–H groups in total. The number of hydrogen-bond donors (Lipinski definition) is 1. The number of benzene rings is 1. The quantitative estimate of drug-likeness (QED) is 0.714. The molecule has 0 saturated heterocycles. The molecule has 1 aromatic carbocycles. The van der Waals surface area contributed by atoms with Gasteiger partial charge in [0, 0.05) is 4.47 Å². The maximum Gasteiger partial charge on any atom is 0.341 e. The van der Waals surface area contributed by atoms with Crippen molar-refractivity contribution in [1.82, 2.24) is 4.90 Å². The average molecular weight is 423 g/mol. The molecule has 0 saturated carbocycles. The Morgan fingerprint density at radius 1 is 1.31 bits per heavy atom. The second kappa shape index (κ2) is 8.51. The number of carbonyl (C=O) groups excluding carboxylic acids is 2. The predicted octanol–water partition coefficient (Wildman–Crippen LogP) is 3.90. The lowest BCUT2D eigenvalue weighted by atomic mass is 10.2. The minimum absolute atomic E-state index is 0.131. The molecule has 0 fully saturated rings. The molecule has 26 heavy (non-hydrogen) atoms. The zero-order valence-corrected chi connectivity index (χ0v) is 17.1. The molecular formula is C19H23BrN2O4. The zero-order valence-electron chi connectivity index (χ0n) is 15.6. The normalized spacial score (nSPS) is 12.1. The van der Waals surface area contributed by atoms with E-state index >= 15 is 0 Å². The molecule has 140 valence electrons. The third-order valence-corrected chi connectivity index (χ3v) is 4.86. The molecule has 0 aliphatic rings. The van der Waals surface area contributed by atoms with E-state index in [1.807, 2.05) is 44.0 Å². The van der Waals surface area contributed by atoms with Crippen LogP contribution in [0.5, 0.6) is 0 Å². The molecule has 0 bridgehead atoms. The summed E-state index contributed by atoms with van der Waals surface area (Å²) in [5.74, 6) is 0.534. The molecule has 1 heterocycles. The molecule has 1 unspecified atom stereocenters. The number of esters is 1. The van der Waals surface area contributed by atoms with Crippen molar-refractivity contribution >= 4 is 33.5 Å². The SMILES string of the molecule is COC(=O)c1cc(CN(C)C(C)C(=O)Nc2ccc(C)cc2Br)oc1C. The summed E-state index contributed by atoms with van der Waals surface area (Å²) in [5.41, 5.74) is 2.23. The summed E-state index contributed by atoms with van der Waals surface area (Å²) >= 11 is 3.46. The molecule has 0 spiro atoms. The van der Waals surface area contributed by atoms with Crippen LogP contribution in [0.2, 0.25) is 0 Å². The molecule has 1 atom stereocenters. The third-order valence-electron chi connectivity index (χ3n) is 4.20. The van der Waals surface area contributed by atoms with E-state index in [0.717, 1.165) is 15.7 Å². The van der Waals surface area contributed by atoms with Crippen LogP contribution in [0.4, 0.5) is 5.69 Å². The predicted molar refractivity (Wildman–Crippen MR) is 103 cm³/mol. The van der Waals surface area contributed by atoms with Crippen LogP contribution < -0.4 is 5.32 Å². The number of aryl methyl sites for hydroxylation is 2. The second-order valence-electron chi connectivity index (χ2n) is 6.24. The molecule has 1 aromatic heterocycles. The van der Waals surface area contributed by atoms with Crippen LogP contribution in [0.3, 0.4) is 0 Å². The molecule has 2 aromatic rings. The Morgan fingerprint density at radius 3 is 2.62 bits per heavy atom. The Labute approximate surface area is 161 Å². The highest BCUT2D eigenvalue weighted by molar-refractivity contribution is 9.10. The summed E-state index contributed by atoms with van der Waals surface area (Å²) in [6.45, 7) is 5.90. The highest BCUT2D eigenvalue weighted by Crippen LogP contribution is 2.24. The van der Waals surface area contributed by atoms with Gasteiger partial charge in [0.05, 0.1) is 25.4 Å². The van der Waals surface area contributed by atoms with E-state index in [-0.39, 0.29) is 5.91 Å². The minimum atomic E-state index is -0.435. The standard InChI is InChI=1S/C19H23BrN2O4/c1-11-6-7-17(16(20)8-11)21-18(23)12(2)22(4)10-14-9-15(13(3)26-14)19(24)25-5/h6-9,12H,10H2,1-5H3,(H,21,23). The molecule has 0 radical (unpaired) electrons. The Kier molecular flexibility index (Phi) is 6.61. The fourth-order valence-electron chi connectivity index (χ4n) is 2.48. The third kappa shape index (κ3) is 4.74. The number of amides is 1. The lowest BCUT2D eigenvalue weighted by Crippen LogP contribution is -2.39. The van der Waals surface area contributed by atoms with E-state index in [1.54, 1.807) is 13.0 Å². The Morgan fingerprint density at radius 2 is 2.00 bits per heavy atom. The Hall–Kier alpha value is -2.12. The van der Waals surface area contributed by atoms with Gasteiger partial charge in [0.15, 0.2) is 0 Å². The fourth-order valence-corrected chi connectivity index (χ4v) is 3.07. The number of carbonyl (C=O) groups is 2. The van der Waals surface area contributed by atoms with Crippen LogP contribution in [-0.4, -0.2) is 37.0 Å². The first kappa shape index (κ1) is 20.2. The number of nitrogens with one attached hydrogen (secondary N) is 1.